The molecule has 0 heterocycles. The van der Waals surface area contributed by atoms with Gasteiger partial charge in [0.25, 0.3) is 0 Å². The van der Waals surface area contributed by atoms with Crippen LogP contribution >= 0.6 is 0 Å². The number of hydrogen-bond acceptors (Lipinski definition) is 3. The van der Waals surface area contributed by atoms with E-state index in [1.54, 1.807) is 0 Å². The highest BCUT2D eigenvalue weighted by Crippen LogP contribution is 2.32. The number of aliphatic hydroxyl groups excluding tert-OH is 1. The quantitative estimate of drug-likeness (QED) is 0.746. The Balaban J connectivity index is 1.85. The summed E-state index contributed by atoms with van der Waals surface area (Å²) in [5.41, 5.74) is -0.441. The zero-order valence-electron chi connectivity index (χ0n) is 10.9. The number of aliphatic hydroxyl groups is 2. The number of nitrogens with zero attached hydrogens (tertiary/aromatic N) is 1. The van der Waals surface area contributed by atoms with Gasteiger partial charge in [0, 0.05) is 25.7 Å². The maximum absolute atomic E-state index is 10.6. The first-order valence-corrected chi connectivity index (χ1v) is 7.31. The van der Waals surface area contributed by atoms with E-state index in [0.29, 0.717) is 6.04 Å². The standard InChI is InChI=1S/C14H27NO2/c16-11-5-10-15(13-6-4-7-13)12-14(17)8-2-1-3-9-14/h13,16-17H,1-12H2. The van der Waals surface area contributed by atoms with Crippen LogP contribution < -0.4 is 0 Å². The van der Waals surface area contributed by atoms with E-state index < -0.39 is 5.60 Å². The van der Waals surface area contributed by atoms with Gasteiger partial charge in [0.05, 0.1) is 5.60 Å². The van der Waals surface area contributed by atoms with Crippen molar-refractivity contribution in [3.8, 4) is 0 Å². The topological polar surface area (TPSA) is 43.7 Å². The van der Waals surface area contributed by atoms with Crippen LogP contribution in [0.3, 0.4) is 0 Å². The Bertz CT molecular complexity index is 222. The normalized spacial score (nSPS) is 24.9. The average Bonchev–Trinajstić information content (AvgIpc) is 2.24. The molecule has 2 aliphatic carbocycles. The van der Waals surface area contributed by atoms with Gasteiger partial charge in [-0.2, -0.15) is 0 Å². The minimum atomic E-state index is -0.441. The molecule has 0 amide bonds. The van der Waals surface area contributed by atoms with E-state index in [9.17, 15) is 5.11 Å². The van der Waals surface area contributed by atoms with Crippen LogP contribution in [0.25, 0.3) is 0 Å². The minimum absolute atomic E-state index is 0.266. The van der Waals surface area contributed by atoms with Crippen molar-refractivity contribution in [3.63, 3.8) is 0 Å². The molecule has 0 bridgehead atoms. The Labute approximate surface area is 105 Å². The van der Waals surface area contributed by atoms with Crippen LogP contribution in [0.15, 0.2) is 0 Å². The van der Waals surface area contributed by atoms with Gasteiger partial charge < -0.3 is 10.2 Å². The molecule has 0 saturated heterocycles. The van der Waals surface area contributed by atoms with E-state index in [4.69, 9.17) is 5.11 Å². The third-order valence-corrected chi connectivity index (χ3v) is 4.48. The second kappa shape index (κ2) is 6.17. The molecule has 0 spiro atoms. The highest BCUT2D eigenvalue weighted by molar-refractivity contribution is 4.89. The van der Waals surface area contributed by atoms with Gasteiger partial charge in [-0.25, -0.2) is 0 Å². The van der Waals surface area contributed by atoms with Gasteiger partial charge in [0.2, 0.25) is 0 Å². The van der Waals surface area contributed by atoms with Crippen LogP contribution in [0.5, 0.6) is 0 Å². The molecule has 0 aromatic rings. The molecular formula is C14H27NO2. The Kier molecular flexibility index (Phi) is 4.83. The fraction of sp³-hybridized carbons (Fsp3) is 1.00. The Morgan fingerprint density at radius 1 is 1.06 bits per heavy atom. The third kappa shape index (κ3) is 3.67. The van der Waals surface area contributed by atoms with Gasteiger partial charge in [-0.05, 0) is 32.1 Å². The van der Waals surface area contributed by atoms with Crippen molar-refractivity contribution < 1.29 is 10.2 Å². The summed E-state index contributed by atoms with van der Waals surface area (Å²) >= 11 is 0. The summed E-state index contributed by atoms with van der Waals surface area (Å²) in [6.07, 6.45) is 10.3. The summed E-state index contributed by atoms with van der Waals surface area (Å²) in [5, 5.41) is 19.6. The molecule has 2 aliphatic rings. The number of hydrogen-bond donors (Lipinski definition) is 2. The molecule has 2 rings (SSSR count). The lowest BCUT2D eigenvalue weighted by Crippen LogP contribution is -2.50. The zero-order valence-corrected chi connectivity index (χ0v) is 10.9. The lowest BCUT2D eigenvalue weighted by molar-refractivity contribution is -0.0456. The lowest BCUT2D eigenvalue weighted by atomic mass is 9.82. The molecule has 0 aromatic heterocycles. The van der Waals surface area contributed by atoms with Crippen molar-refractivity contribution in [2.45, 2.75) is 69.4 Å². The number of rotatable bonds is 6. The van der Waals surface area contributed by atoms with E-state index >= 15 is 0 Å². The van der Waals surface area contributed by atoms with Gasteiger partial charge in [-0.3, -0.25) is 4.90 Å². The van der Waals surface area contributed by atoms with Crippen LogP contribution in [-0.2, 0) is 0 Å². The third-order valence-electron chi connectivity index (χ3n) is 4.48. The van der Waals surface area contributed by atoms with Crippen LogP contribution in [-0.4, -0.2) is 46.5 Å². The van der Waals surface area contributed by atoms with Gasteiger partial charge in [0.1, 0.15) is 0 Å². The Morgan fingerprint density at radius 3 is 2.29 bits per heavy atom. The van der Waals surface area contributed by atoms with E-state index in [2.05, 4.69) is 4.90 Å². The van der Waals surface area contributed by atoms with Gasteiger partial charge in [-0.15, -0.1) is 0 Å². The molecule has 0 atom stereocenters. The molecule has 0 aliphatic heterocycles. The van der Waals surface area contributed by atoms with E-state index in [1.165, 1.54) is 38.5 Å². The molecule has 0 aromatic carbocycles. The fourth-order valence-corrected chi connectivity index (χ4v) is 3.16. The van der Waals surface area contributed by atoms with Crippen LogP contribution in [0.2, 0.25) is 0 Å². The summed E-state index contributed by atoms with van der Waals surface area (Å²) in [6, 6.07) is 0.674. The van der Waals surface area contributed by atoms with Crippen LogP contribution in [0.4, 0.5) is 0 Å². The molecule has 2 saturated carbocycles. The first-order valence-electron chi connectivity index (χ1n) is 7.31. The maximum Gasteiger partial charge on any atom is 0.0774 e. The first kappa shape index (κ1) is 13.3. The monoisotopic (exact) mass is 241 g/mol. The molecule has 3 heteroatoms. The second-order valence-electron chi connectivity index (χ2n) is 5.92. The molecule has 2 fully saturated rings. The Morgan fingerprint density at radius 2 is 1.76 bits per heavy atom. The van der Waals surface area contributed by atoms with Gasteiger partial charge >= 0.3 is 0 Å². The predicted octanol–water partition coefficient (Wildman–Crippen LogP) is 1.92. The highest BCUT2D eigenvalue weighted by atomic mass is 16.3. The van der Waals surface area contributed by atoms with Crippen molar-refractivity contribution in [2.24, 2.45) is 0 Å². The van der Waals surface area contributed by atoms with E-state index in [0.717, 1.165) is 32.4 Å². The van der Waals surface area contributed by atoms with Gasteiger partial charge in [0.15, 0.2) is 0 Å². The summed E-state index contributed by atoms with van der Waals surface area (Å²) in [6.45, 7) is 2.04. The molecule has 0 unspecified atom stereocenters. The maximum atomic E-state index is 10.6. The van der Waals surface area contributed by atoms with Crippen molar-refractivity contribution >= 4 is 0 Å². The van der Waals surface area contributed by atoms with Gasteiger partial charge in [-0.1, -0.05) is 25.7 Å². The fourth-order valence-electron chi connectivity index (χ4n) is 3.16. The van der Waals surface area contributed by atoms with E-state index in [1.807, 2.05) is 0 Å². The largest absolute Gasteiger partial charge is 0.396 e. The summed E-state index contributed by atoms with van der Waals surface area (Å²) in [7, 11) is 0. The van der Waals surface area contributed by atoms with Crippen molar-refractivity contribution in [1.82, 2.24) is 4.90 Å². The molecule has 100 valence electrons. The first-order chi connectivity index (χ1) is 8.23. The SMILES string of the molecule is OCCCN(CC1(O)CCCCC1)C1CCC1. The van der Waals surface area contributed by atoms with Crippen molar-refractivity contribution in [3.05, 3.63) is 0 Å². The van der Waals surface area contributed by atoms with E-state index in [-0.39, 0.29) is 6.61 Å². The minimum Gasteiger partial charge on any atom is -0.396 e. The molecule has 17 heavy (non-hydrogen) atoms. The van der Waals surface area contributed by atoms with Crippen molar-refractivity contribution in [1.29, 1.82) is 0 Å². The molecule has 3 nitrogen and oxygen atoms in total. The smallest absolute Gasteiger partial charge is 0.0774 e. The summed E-state index contributed by atoms with van der Waals surface area (Å²) < 4.78 is 0. The molecule has 2 N–H and O–H groups in total. The average molecular weight is 241 g/mol. The van der Waals surface area contributed by atoms with Crippen LogP contribution in [0.1, 0.15) is 57.8 Å². The molecule has 0 radical (unpaired) electrons. The lowest BCUT2D eigenvalue weighted by Gasteiger charge is -2.43. The summed E-state index contributed by atoms with van der Waals surface area (Å²) in [5.74, 6) is 0. The van der Waals surface area contributed by atoms with Crippen LogP contribution in [0, 0.1) is 0 Å². The predicted molar refractivity (Wildman–Crippen MR) is 68.9 cm³/mol. The molecular weight excluding hydrogens is 214 g/mol. The van der Waals surface area contributed by atoms with Crippen molar-refractivity contribution in [2.75, 3.05) is 19.7 Å². The zero-order chi connectivity index (χ0) is 12.1. The highest BCUT2D eigenvalue weighted by Gasteiger charge is 2.34. The Hall–Kier alpha value is -0.120. The summed E-state index contributed by atoms with van der Waals surface area (Å²) in [4.78, 5) is 2.44. The second-order valence-corrected chi connectivity index (χ2v) is 5.92.